The number of ketones is 1. The fourth-order valence-corrected chi connectivity index (χ4v) is 2.26. The van der Waals surface area contributed by atoms with Crippen molar-refractivity contribution in [3.05, 3.63) is 58.4 Å². The van der Waals surface area contributed by atoms with Gasteiger partial charge >= 0.3 is 0 Å². The van der Waals surface area contributed by atoms with E-state index in [-0.39, 0.29) is 21.9 Å². The summed E-state index contributed by atoms with van der Waals surface area (Å²) < 4.78 is 24.0. The van der Waals surface area contributed by atoms with Crippen LogP contribution in [0.5, 0.6) is 11.5 Å². The molecule has 0 bridgehead atoms. The molecule has 3 rings (SSSR count). The maximum absolute atomic E-state index is 13.2. The first kappa shape index (κ1) is 12.9. The molecule has 0 atom stereocenters. The molecule has 102 valence electrons. The van der Waals surface area contributed by atoms with E-state index in [2.05, 4.69) is 0 Å². The molecule has 0 fully saturated rings. The fourth-order valence-electron chi connectivity index (χ4n) is 2.02. The van der Waals surface area contributed by atoms with E-state index in [4.69, 9.17) is 21.1 Å². The molecule has 1 aliphatic rings. The summed E-state index contributed by atoms with van der Waals surface area (Å²) in [4.78, 5) is 12.4. The first-order valence-corrected chi connectivity index (χ1v) is 6.42. The summed E-state index contributed by atoms with van der Waals surface area (Å²) in [6, 6.07) is 8.55. The molecule has 1 heterocycles. The van der Waals surface area contributed by atoms with Gasteiger partial charge in [-0.3, -0.25) is 4.79 Å². The molecule has 1 aliphatic heterocycles. The van der Waals surface area contributed by atoms with Gasteiger partial charge in [0.2, 0.25) is 0 Å². The van der Waals surface area contributed by atoms with Crippen LogP contribution in [-0.4, -0.2) is 19.0 Å². The standard InChI is InChI=1S/C15H10ClFO3/c16-12-8-14-13(19-4-5-20-14)7-11(12)15(18)9-2-1-3-10(17)6-9/h1-3,6-8H,4-5H2. The highest BCUT2D eigenvalue weighted by atomic mass is 35.5. The third-order valence-electron chi connectivity index (χ3n) is 2.96. The highest BCUT2D eigenvalue weighted by molar-refractivity contribution is 6.35. The van der Waals surface area contributed by atoms with Gasteiger partial charge in [-0.25, -0.2) is 4.39 Å². The zero-order chi connectivity index (χ0) is 14.1. The quantitative estimate of drug-likeness (QED) is 0.795. The molecule has 0 aromatic heterocycles. The van der Waals surface area contributed by atoms with E-state index in [1.165, 1.54) is 24.3 Å². The van der Waals surface area contributed by atoms with Crippen molar-refractivity contribution in [2.45, 2.75) is 0 Å². The first-order valence-electron chi connectivity index (χ1n) is 6.04. The van der Waals surface area contributed by atoms with Crippen LogP contribution in [0.15, 0.2) is 36.4 Å². The third kappa shape index (κ3) is 2.34. The van der Waals surface area contributed by atoms with Gasteiger partial charge in [-0.1, -0.05) is 23.7 Å². The molecule has 0 saturated carbocycles. The molecule has 0 saturated heterocycles. The van der Waals surface area contributed by atoms with Crippen LogP contribution in [0.1, 0.15) is 15.9 Å². The molecule has 0 radical (unpaired) electrons. The minimum absolute atomic E-state index is 0.239. The van der Waals surface area contributed by atoms with Gasteiger partial charge in [0.15, 0.2) is 17.3 Å². The first-order chi connectivity index (χ1) is 9.65. The Hall–Kier alpha value is -2.07. The normalized spacial score (nSPS) is 13.1. The van der Waals surface area contributed by atoms with Crippen LogP contribution in [0.4, 0.5) is 4.39 Å². The van der Waals surface area contributed by atoms with Crippen molar-refractivity contribution in [3.8, 4) is 11.5 Å². The van der Waals surface area contributed by atoms with Gasteiger partial charge in [0.1, 0.15) is 19.0 Å². The van der Waals surface area contributed by atoms with E-state index >= 15 is 0 Å². The number of carbonyl (C=O) groups excluding carboxylic acids is 1. The highest BCUT2D eigenvalue weighted by Crippen LogP contribution is 2.36. The van der Waals surface area contributed by atoms with Gasteiger partial charge < -0.3 is 9.47 Å². The number of halogens is 2. The van der Waals surface area contributed by atoms with Gasteiger partial charge in [-0.05, 0) is 18.2 Å². The molecule has 2 aromatic rings. The SMILES string of the molecule is O=C(c1cccc(F)c1)c1cc2c(cc1Cl)OCCO2. The number of hydrogen-bond acceptors (Lipinski definition) is 3. The minimum Gasteiger partial charge on any atom is -0.486 e. The number of benzene rings is 2. The van der Waals surface area contributed by atoms with Crippen molar-refractivity contribution in [1.29, 1.82) is 0 Å². The molecular weight excluding hydrogens is 283 g/mol. The topological polar surface area (TPSA) is 35.5 Å². The van der Waals surface area contributed by atoms with Crippen LogP contribution >= 0.6 is 11.6 Å². The van der Waals surface area contributed by atoms with E-state index in [0.717, 1.165) is 0 Å². The summed E-state index contributed by atoms with van der Waals surface area (Å²) in [6.07, 6.45) is 0. The zero-order valence-electron chi connectivity index (χ0n) is 10.4. The van der Waals surface area contributed by atoms with Crippen LogP contribution in [0.25, 0.3) is 0 Å². The maximum Gasteiger partial charge on any atom is 0.194 e. The lowest BCUT2D eigenvalue weighted by molar-refractivity contribution is 0.103. The second-order valence-electron chi connectivity index (χ2n) is 4.32. The molecule has 0 amide bonds. The fraction of sp³-hybridized carbons (Fsp3) is 0.133. The number of ether oxygens (including phenoxy) is 2. The lowest BCUT2D eigenvalue weighted by atomic mass is 10.0. The monoisotopic (exact) mass is 292 g/mol. The van der Waals surface area contributed by atoms with Crippen molar-refractivity contribution >= 4 is 17.4 Å². The predicted molar refractivity (Wildman–Crippen MR) is 72.3 cm³/mol. The third-order valence-corrected chi connectivity index (χ3v) is 3.28. The largest absolute Gasteiger partial charge is 0.486 e. The molecule has 0 aliphatic carbocycles. The van der Waals surface area contributed by atoms with Crippen LogP contribution in [0, 0.1) is 5.82 Å². The molecule has 5 heteroatoms. The van der Waals surface area contributed by atoms with Crippen LogP contribution in [-0.2, 0) is 0 Å². The van der Waals surface area contributed by atoms with Crippen molar-refractivity contribution in [2.24, 2.45) is 0 Å². The Bertz CT molecular complexity index is 685. The van der Waals surface area contributed by atoms with Crippen molar-refractivity contribution in [1.82, 2.24) is 0 Å². The van der Waals surface area contributed by atoms with E-state index in [0.29, 0.717) is 24.7 Å². The number of carbonyl (C=O) groups is 1. The van der Waals surface area contributed by atoms with Crippen molar-refractivity contribution < 1.29 is 18.7 Å². The lowest BCUT2D eigenvalue weighted by Gasteiger charge is -2.19. The second-order valence-corrected chi connectivity index (χ2v) is 4.72. The summed E-state index contributed by atoms with van der Waals surface area (Å²) in [5, 5.41) is 0.253. The molecule has 20 heavy (non-hydrogen) atoms. The molecule has 0 unspecified atom stereocenters. The Kier molecular flexibility index (Phi) is 3.32. The second kappa shape index (κ2) is 5.13. The lowest BCUT2D eigenvalue weighted by Crippen LogP contribution is -2.16. The maximum atomic E-state index is 13.2. The van der Waals surface area contributed by atoms with Gasteiger partial charge in [0.25, 0.3) is 0 Å². The predicted octanol–water partition coefficient (Wildman–Crippen LogP) is 3.48. The van der Waals surface area contributed by atoms with Gasteiger partial charge in [0, 0.05) is 17.2 Å². The Morgan fingerprint density at radius 1 is 1.10 bits per heavy atom. The molecule has 2 aromatic carbocycles. The highest BCUT2D eigenvalue weighted by Gasteiger charge is 2.20. The summed E-state index contributed by atoms with van der Waals surface area (Å²) in [5.74, 6) is 0.161. The number of rotatable bonds is 2. The van der Waals surface area contributed by atoms with E-state index < -0.39 is 5.82 Å². The molecule has 3 nitrogen and oxygen atoms in total. The van der Waals surface area contributed by atoms with Crippen molar-refractivity contribution in [2.75, 3.05) is 13.2 Å². The number of hydrogen-bond donors (Lipinski definition) is 0. The van der Waals surface area contributed by atoms with Crippen LogP contribution < -0.4 is 9.47 Å². The van der Waals surface area contributed by atoms with E-state index in [1.54, 1.807) is 12.1 Å². The Morgan fingerprint density at radius 3 is 2.50 bits per heavy atom. The van der Waals surface area contributed by atoms with E-state index in [9.17, 15) is 9.18 Å². The Balaban J connectivity index is 2.03. The molecular formula is C15H10ClFO3. The smallest absolute Gasteiger partial charge is 0.194 e. The average molecular weight is 293 g/mol. The summed E-state index contributed by atoms with van der Waals surface area (Å²) in [7, 11) is 0. The van der Waals surface area contributed by atoms with Crippen LogP contribution in [0.2, 0.25) is 5.02 Å². The van der Waals surface area contributed by atoms with Gasteiger partial charge in [-0.2, -0.15) is 0 Å². The Morgan fingerprint density at radius 2 is 1.80 bits per heavy atom. The molecule has 0 N–H and O–H groups in total. The minimum atomic E-state index is -0.468. The summed E-state index contributed by atoms with van der Waals surface area (Å²) >= 11 is 6.10. The summed E-state index contributed by atoms with van der Waals surface area (Å²) in [5.41, 5.74) is 0.505. The molecule has 0 spiro atoms. The van der Waals surface area contributed by atoms with Crippen LogP contribution in [0.3, 0.4) is 0 Å². The average Bonchev–Trinajstić information content (AvgIpc) is 2.46. The summed E-state index contributed by atoms with van der Waals surface area (Å²) in [6.45, 7) is 0.864. The van der Waals surface area contributed by atoms with Gasteiger partial charge in [-0.15, -0.1) is 0 Å². The Labute approximate surface area is 119 Å². The van der Waals surface area contributed by atoms with Crippen molar-refractivity contribution in [3.63, 3.8) is 0 Å². The van der Waals surface area contributed by atoms with Gasteiger partial charge in [0.05, 0.1) is 5.02 Å². The van der Waals surface area contributed by atoms with E-state index in [1.807, 2.05) is 0 Å². The zero-order valence-corrected chi connectivity index (χ0v) is 11.1. The number of fused-ring (bicyclic) bond motifs is 1.